The number of nitrogens with zero attached hydrogens (tertiary/aromatic N) is 1. The summed E-state index contributed by atoms with van der Waals surface area (Å²) >= 11 is 3.94. The van der Waals surface area contributed by atoms with Crippen LogP contribution in [0.2, 0.25) is 0 Å². The molecular formula is C15H26N2S2. The third-order valence-corrected chi connectivity index (χ3v) is 6.29. The van der Waals surface area contributed by atoms with Crippen LogP contribution in [-0.4, -0.2) is 17.8 Å². The number of fused-ring (bicyclic) bond motifs is 1. The molecule has 1 unspecified atom stereocenters. The van der Waals surface area contributed by atoms with Crippen LogP contribution in [-0.2, 0) is 12.2 Å². The van der Waals surface area contributed by atoms with Gasteiger partial charge < -0.3 is 5.32 Å². The van der Waals surface area contributed by atoms with Crippen LogP contribution in [0.3, 0.4) is 0 Å². The summed E-state index contributed by atoms with van der Waals surface area (Å²) in [5.41, 5.74) is 1.72. The second-order valence-corrected chi connectivity index (χ2v) is 8.86. The Morgan fingerprint density at radius 3 is 2.84 bits per heavy atom. The molecule has 0 bridgehead atoms. The van der Waals surface area contributed by atoms with E-state index in [-0.39, 0.29) is 0 Å². The van der Waals surface area contributed by atoms with E-state index >= 15 is 0 Å². The van der Waals surface area contributed by atoms with Crippen molar-refractivity contribution >= 4 is 23.1 Å². The maximum absolute atomic E-state index is 4.90. The summed E-state index contributed by atoms with van der Waals surface area (Å²) < 4.78 is 0. The molecule has 0 saturated carbocycles. The Labute approximate surface area is 125 Å². The minimum Gasteiger partial charge on any atom is -0.312 e. The molecule has 1 heterocycles. The van der Waals surface area contributed by atoms with E-state index in [1.807, 2.05) is 23.1 Å². The van der Waals surface area contributed by atoms with Crippen molar-refractivity contribution in [2.45, 2.75) is 52.3 Å². The lowest BCUT2D eigenvalue weighted by atomic mass is 9.76. The van der Waals surface area contributed by atoms with Gasteiger partial charge in [0.25, 0.3) is 0 Å². The van der Waals surface area contributed by atoms with Crippen LogP contribution in [0.4, 0.5) is 0 Å². The van der Waals surface area contributed by atoms with Crippen molar-refractivity contribution in [3.63, 3.8) is 0 Å². The van der Waals surface area contributed by atoms with Crippen LogP contribution in [0, 0.1) is 11.3 Å². The minimum atomic E-state index is 0.372. The largest absolute Gasteiger partial charge is 0.312 e. The molecule has 1 aliphatic carbocycles. The van der Waals surface area contributed by atoms with Crippen LogP contribution >= 0.6 is 23.1 Å². The van der Waals surface area contributed by atoms with E-state index < -0.39 is 0 Å². The van der Waals surface area contributed by atoms with Gasteiger partial charge in [0.1, 0.15) is 5.01 Å². The standard InChI is InChI=1S/C15H26N2S2/c1-10(2)8-18-9-13-17-12-7-15(3,4)6-11(16-5)14(12)19-13/h10-11,16H,6-9H2,1-5H3. The van der Waals surface area contributed by atoms with Gasteiger partial charge in [-0.15, -0.1) is 11.3 Å². The lowest BCUT2D eigenvalue weighted by molar-refractivity contribution is 0.265. The van der Waals surface area contributed by atoms with Gasteiger partial charge >= 0.3 is 0 Å². The molecule has 2 nitrogen and oxygen atoms in total. The highest BCUT2D eigenvalue weighted by Gasteiger charge is 2.34. The third-order valence-electron chi connectivity index (χ3n) is 3.52. The van der Waals surface area contributed by atoms with E-state index in [1.54, 1.807) is 0 Å². The van der Waals surface area contributed by atoms with Crippen molar-refractivity contribution in [1.29, 1.82) is 0 Å². The maximum atomic E-state index is 4.90. The highest BCUT2D eigenvalue weighted by molar-refractivity contribution is 7.98. The van der Waals surface area contributed by atoms with Crippen LogP contribution in [0.1, 0.15) is 55.7 Å². The first kappa shape index (κ1) is 15.3. The Balaban J connectivity index is 2.08. The molecule has 0 saturated heterocycles. The zero-order chi connectivity index (χ0) is 14.0. The second-order valence-electron chi connectivity index (χ2n) is 6.71. The molecule has 0 aliphatic heterocycles. The van der Waals surface area contributed by atoms with Crippen molar-refractivity contribution in [2.24, 2.45) is 11.3 Å². The molecule has 1 aromatic heterocycles. The molecule has 0 fully saturated rings. The number of thioether (sulfide) groups is 1. The van der Waals surface area contributed by atoms with E-state index in [0.29, 0.717) is 11.5 Å². The van der Waals surface area contributed by atoms with Gasteiger partial charge in [-0.05, 0) is 37.0 Å². The number of hydrogen-bond acceptors (Lipinski definition) is 4. The van der Waals surface area contributed by atoms with Crippen molar-refractivity contribution in [3.05, 3.63) is 15.6 Å². The molecule has 1 atom stereocenters. The number of nitrogens with one attached hydrogen (secondary N) is 1. The first-order chi connectivity index (χ1) is 8.91. The summed E-state index contributed by atoms with van der Waals surface area (Å²) in [5.74, 6) is 3.07. The summed E-state index contributed by atoms with van der Waals surface area (Å²) in [6.07, 6.45) is 2.35. The quantitative estimate of drug-likeness (QED) is 0.879. The Kier molecular flexibility index (Phi) is 4.96. The van der Waals surface area contributed by atoms with E-state index in [0.717, 1.165) is 18.1 Å². The topological polar surface area (TPSA) is 24.9 Å². The first-order valence-electron chi connectivity index (χ1n) is 7.15. The monoisotopic (exact) mass is 298 g/mol. The van der Waals surface area contributed by atoms with E-state index in [1.165, 1.54) is 27.8 Å². The van der Waals surface area contributed by atoms with Gasteiger partial charge in [0, 0.05) is 16.7 Å². The molecule has 1 aliphatic rings. The van der Waals surface area contributed by atoms with E-state index in [4.69, 9.17) is 4.98 Å². The molecule has 1 N–H and O–H groups in total. The Bertz CT molecular complexity index is 424. The Morgan fingerprint density at radius 2 is 2.21 bits per heavy atom. The maximum Gasteiger partial charge on any atom is 0.103 e. The molecule has 0 amide bonds. The van der Waals surface area contributed by atoms with Gasteiger partial charge in [0.05, 0.1) is 5.69 Å². The van der Waals surface area contributed by atoms with Crippen LogP contribution in [0.15, 0.2) is 0 Å². The van der Waals surface area contributed by atoms with Gasteiger partial charge in [0.2, 0.25) is 0 Å². The third kappa shape index (κ3) is 3.96. The minimum absolute atomic E-state index is 0.372. The van der Waals surface area contributed by atoms with Gasteiger partial charge in [-0.25, -0.2) is 4.98 Å². The summed E-state index contributed by atoms with van der Waals surface area (Å²) in [5, 5.41) is 4.78. The summed E-state index contributed by atoms with van der Waals surface area (Å²) in [6, 6.07) is 0.500. The average Bonchev–Trinajstić information content (AvgIpc) is 2.68. The van der Waals surface area contributed by atoms with Crippen LogP contribution in [0.5, 0.6) is 0 Å². The fourth-order valence-corrected chi connectivity index (χ4v) is 4.96. The van der Waals surface area contributed by atoms with E-state index in [2.05, 4.69) is 40.1 Å². The first-order valence-corrected chi connectivity index (χ1v) is 9.12. The van der Waals surface area contributed by atoms with Crippen molar-refractivity contribution in [1.82, 2.24) is 10.3 Å². The predicted molar refractivity (Wildman–Crippen MR) is 87.0 cm³/mol. The fourth-order valence-electron chi connectivity index (χ4n) is 2.66. The second kappa shape index (κ2) is 6.15. The van der Waals surface area contributed by atoms with Crippen molar-refractivity contribution < 1.29 is 0 Å². The molecule has 0 aromatic carbocycles. The average molecular weight is 299 g/mol. The van der Waals surface area contributed by atoms with Gasteiger partial charge in [0.15, 0.2) is 0 Å². The zero-order valence-electron chi connectivity index (χ0n) is 12.7. The summed E-state index contributed by atoms with van der Waals surface area (Å²) in [7, 11) is 2.07. The molecule has 1 aromatic rings. The number of rotatable bonds is 5. The molecular weight excluding hydrogens is 272 g/mol. The SMILES string of the molecule is CNC1CC(C)(C)Cc2nc(CSCC(C)C)sc21. The lowest BCUT2D eigenvalue weighted by Gasteiger charge is -2.34. The molecule has 19 heavy (non-hydrogen) atoms. The summed E-state index contributed by atoms with van der Waals surface area (Å²) in [6.45, 7) is 9.26. The molecule has 0 spiro atoms. The normalized spacial score (nSPS) is 21.7. The highest BCUT2D eigenvalue weighted by Crippen LogP contribution is 2.43. The Morgan fingerprint density at radius 1 is 1.47 bits per heavy atom. The van der Waals surface area contributed by atoms with Gasteiger partial charge in [-0.3, -0.25) is 0 Å². The summed E-state index contributed by atoms with van der Waals surface area (Å²) in [4.78, 5) is 6.39. The lowest BCUT2D eigenvalue weighted by Crippen LogP contribution is -2.30. The Hall–Kier alpha value is -0.0600. The van der Waals surface area contributed by atoms with Crippen LogP contribution < -0.4 is 5.32 Å². The van der Waals surface area contributed by atoms with Crippen LogP contribution in [0.25, 0.3) is 0 Å². The molecule has 2 rings (SSSR count). The van der Waals surface area contributed by atoms with Gasteiger partial charge in [-0.2, -0.15) is 11.8 Å². The highest BCUT2D eigenvalue weighted by atomic mass is 32.2. The smallest absolute Gasteiger partial charge is 0.103 e. The van der Waals surface area contributed by atoms with Crippen molar-refractivity contribution in [3.8, 4) is 0 Å². The predicted octanol–water partition coefficient (Wildman–Crippen LogP) is 4.27. The van der Waals surface area contributed by atoms with Crippen molar-refractivity contribution in [2.75, 3.05) is 12.8 Å². The number of aromatic nitrogens is 1. The molecule has 4 heteroatoms. The molecule has 108 valence electrons. The molecule has 0 radical (unpaired) electrons. The number of thiazole rings is 1. The number of hydrogen-bond donors (Lipinski definition) is 1. The van der Waals surface area contributed by atoms with Gasteiger partial charge in [-0.1, -0.05) is 27.7 Å². The van der Waals surface area contributed by atoms with E-state index in [9.17, 15) is 0 Å². The zero-order valence-corrected chi connectivity index (χ0v) is 14.4. The fraction of sp³-hybridized carbons (Fsp3) is 0.800.